The van der Waals surface area contributed by atoms with E-state index < -0.39 is 5.97 Å². The van der Waals surface area contributed by atoms with E-state index in [1.165, 1.54) is 0 Å². The lowest BCUT2D eigenvalue weighted by Crippen LogP contribution is -2.30. The van der Waals surface area contributed by atoms with Crippen molar-refractivity contribution in [3.8, 4) is 0 Å². The SMILES string of the molecule is C=C(C)OC(=O)CNC(=O)c1cccc(C=CCCCC(=O)N(CCC)C(=C)C)c1. The molecule has 0 saturated carbocycles. The zero-order valence-corrected chi connectivity index (χ0v) is 18.2. The molecule has 0 fully saturated rings. The molecule has 2 amide bonds. The van der Waals surface area contributed by atoms with Crippen LogP contribution in [-0.2, 0) is 14.3 Å². The summed E-state index contributed by atoms with van der Waals surface area (Å²) in [4.78, 5) is 37.7. The molecule has 0 spiro atoms. The Hall–Kier alpha value is -3.15. The van der Waals surface area contributed by atoms with Crippen molar-refractivity contribution in [3.63, 3.8) is 0 Å². The van der Waals surface area contributed by atoms with Gasteiger partial charge in [0.2, 0.25) is 5.91 Å². The summed E-state index contributed by atoms with van der Waals surface area (Å²) in [5, 5.41) is 2.52. The molecule has 1 aromatic rings. The van der Waals surface area contributed by atoms with E-state index in [9.17, 15) is 14.4 Å². The summed E-state index contributed by atoms with van der Waals surface area (Å²) < 4.78 is 4.80. The van der Waals surface area contributed by atoms with Crippen molar-refractivity contribution in [1.29, 1.82) is 0 Å². The van der Waals surface area contributed by atoms with Crippen LogP contribution in [0.25, 0.3) is 6.08 Å². The molecule has 162 valence electrons. The maximum Gasteiger partial charge on any atom is 0.330 e. The van der Waals surface area contributed by atoms with Gasteiger partial charge in [0.1, 0.15) is 6.54 Å². The number of unbranched alkanes of at least 4 members (excludes halogenated alkanes) is 1. The second-order valence-corrected chi connectivity index (χ2v) is 7.06. The van der Waals surface area contributed by atoms with Gasteiger partial charge in [-0.05, 0) is 50.8 Å². The molecule has 1 rings (SSSR count). The van der Waals surface area contributed by atoms with Crippen LogP contribution in [0.15, 0.2) is 55.0 Å². The van der Waals surface area contributed by atoms with Gasteiger partial charge in [0, 0.05) is 24.2 Å². The molecular weight excluding hydrogens is 380 g/mol. The number of carbonyl (C=O) groups excluding carboxylic acids is 3. The molecule has 0 atom stereocenters. The molecule has 30 heavy (non-hydrogen) atoms. The van der Waals surface area contributed by atoms with Gasteiger partial charge in [-0.25, -0.2) is 4.79 Å². The Kier molecular flexibility index (Phi) is 10.9. The van der Waals surface area contributed by atoms with Crippen molar-refractivity contribution >= 4 is 23.9 Å². The monoisotopic (exact) mass is 412 g/mol. The first-order valence-electron chi connectivity index (χ1n) is 10.1. The van der Waals surface area contributed by atoms with E-state index >= 15 is 0 Å². The van der Waals surface area contributed by atoms with Gasteiger partial charge in [-0.1, -0.05) is 44.4 Å². The van der Waals surface area contributed by atoms with Gasteiger partial charge in [-0.15, -0.1) is 0 Å². The van der Waals surface area contributed by atoms with Crippen LogP contribution < -0.4 is 5.32 Å². The van der Waals surface area contributed by atoms with Crippen LogP contribution in [0, 0.1) is 0 Å². The number of benzene rings is 1. The maximum absolute atomic E-state index is 12.3. The second-order valence-electron chi connectivity index (χ2n) is 7.06. The van der Waals surface area contributed by atoms with Gasteiger partial charge in [-0.3, -0.25) is 9.59 Å². The van der Waals surface area contributed by atoms with E-state index in [0.717, 1.165) is 30.5 Å². The molecule has 0 unspecified atom stereocenters. The molecule has 0 heterocycles. The fourth-order valence-electron chi connectivity index (χ4n) is 2.75. The summed E-state index contributed by atoms with van der Waals surface area (Å²) in [6.07, 6.45) is 6.77. The lowest BCUT2D eigenvalue weighted by Gasteiger charge is -2.21. The van der Waals surface area contributed by atoms with Crippen LogP contribution in [0.4, 0.5) is 0 Å². The molecular formula is C24H32N2O4. The number of nitrogens with zero attached hydrogens (tertiary/aromatic N) is 1. The minimum Gasteiger partial charge on any atom is -0.431 e. The number of allylic oxidation sites excluding steroid dienone is 3. The zero-order valence-electron chi connectivity index (χ0n) is 18.2. The van der Waals surface area contributed by atoms with Crippen LogP contribution in [0.1, 0.15) is 62.4 Å². The predicted molar refractivity (Wildman–Crippen MR) is 119 cm³/mol. The molecule has 0 bridgehead atoms. The Labute approximate surface area is 179 Å². The van der Waals surface area contributed by atoms with Crippen molar-refractivity contribution in [2.45, 2.75) is 46.5 Å². The first-order chi connectivity index (χ1) is 14.2. The van der Waals surface area contributed by atoms with E-state index in [1.54, 1.807) is 30.0 Å². The van der Waals surface area contributed by atoms with Gasteiger partial charge in [0.25, 0.3) is 5.91 Å². The molecule has 0 aliphatic heterocycles. The van der Waals surface area contributed by atoms with Gasteiger partial charge in [0.15, 0.2) is 0 Å². The lowest BCUT2D eigenvalue weighted by atomic mass is 10.1. The van der Waals surface area contributed by atoms with Crippen molar-refractivity contribution in [1.82, 2.24) is 10.2 Å². The Morgan fingerprint density at radius 2 is 1.93 bits per heavy atom. The Morgan fingerprint density at radius 1 is 1.20 bits per heavy atom. The quantitative estimate of drug-likeness (QED) is 0.313. The van der Waals surface area contributed by atoms with Crippen LogP contribution in [0.2, 0.25) is 0 Å². The highest BCUT2D eigenvalue weighted by molar-refractivity contribution is 5.96. The summed E-state index contributed by atoms with van der Waals surface area (Å²) in [5.41, 5.74) is 2.10. The first kappa shape index (κ1) is 24.9. The predicted octanol–water partition coefficient (Wildman–Crippen LogP) is 4.45. The smallest absolute Gasteiger partial charge is 0.330 e. The van der Waals surface area contributed by atoms with Crippen molar-refractivity contribution < 1.29 is 19.1 Å². The molecule has 0 aliphatic carbocycles. The van der Waals surface area contributed by atoms with Crippen LogP contribution in [-0.4, -0.2) is 35.8 Å². The summed E-state index contributed by atoms with van der Waals surface area (Å²) in [7, 11) is 0. The van der Waals surface area contributed by atoms with Crippen molar-refractivity contribution in [2.24, 2.45) is 0 Å². The average Bonchev–Trinajstić information content (AvgIpc) is 2.69. The molecule has 6 nitrogen and oxygen atoms in total. The zero-order chi connectivity index (χ0) is 22.5. The van der Waals surface area contributed by atoms with E-state index in [0.29, 0.717) is 18.5 Å². The average molecular weight is 413 g/mol. The number of amides is 2. The number of esters is 1. The summed E-state index contributed by atoms with van der Waals surface area (Å²) in [6.45, 7) is 13.3. The Bertz CT molecular complexity index is 811. The number of nitrogens with one attached hydrogen (secondary N) is 1. The molecule has 0 aromatic heterocycles. The minimum absolute atomic E-state index is 0.0987. The highest BCUT2D eigenvalue weighted by atomic mass is 16.5. The molecule has 6 heteroatoms. The summed E-state index contributed by atoms with van der Waals surface area (Å²) in [5.74, 6) is -0.543. The second kappa shape index (κ2) is 13.1. The topological polar surface area (TPSA) is 75.7 Å². The number of carbonyl (C=O) groups is 3. The highest BCUT2D eigenvalue weighted by Crippen LogP contribution is 2.11. The van der Waals surface area contributed by atoms with E-state index in [2.05, 4.69) is 18.5 Å². The first-order valence-corrected chi connectivity index (χ1v) is 10.1. The van der Waals surface area contributed by atoms with E-state index in [1.807, 2.05) is 32.1 Å². The Balaban J connectivity index is 2.51. The molecule has 0 saturated heterocycles. The largest absolute Gasteiger partial charge is 0.431 e. The maximum atomic E-state index is 12.3. The molecule has 1 aromatic carbocycles. The molecule has 1 N–H and O–H groups in total. The summed E-state index contributed by atoms with van der Waals surface area (Å²) >= 11 is 0. The van der Waals surface area contributed by atoms with Gasteiger partial charge < -0.3 is 15.0 Å². The van der Waals surface area contributed by atoms with E-state index in [4.69, 9.17) is 4.74 Å². The van der Waals surface area contributed by atoms with Crippen LogP contribution >= 0.6 is 0 Å². The van der Waals surface area contributed by atoms with Crippen LogP contribution in [0.5, 0.6) is 0 Å². The van der Waals surface area contributed by atoms with Gasteiger partial charge in [0.05, 0.1) is 5.76 Å². The highest BCUT2D eigenvalue weighted by Gasteiger charge is 2.12. The third-order valence-electron chi connectivity index (χ3n) is 4.11. The van der Waals surface area contributed by atoms with Gasteiger partial charge >= 0.3 is 5.97 Å². The normalized spacial score (nSPS) is 10.5. The van der Waals surface area contributed by atoms with Gasteiger partial charge in [-0.2, -0.15) is 0 Å². The Morgan fingerprint density at radius 3 is 2.57 bits per heavy atom. The lowest BCUT2D eigenvalue weighted by molar-refractivity contribution is -0.138. The van der Waals surface area contributed by atoms with Crippen molar-refractivity contribution in [3.05, 3.63) is 66.1 Å². The third kappa shape index (κ3) is 9.37. The van der Waals surface area contributed by atoms with E-state index in [-0.39, 0.29) is 24.1 Å². The molecule has 0 radical (unpaired) electrons. The molecule has 0 aliphatic rings. The minimum atomic E-state index is -0.564. The van der Waals surface area contributed by atoms with Crippen molar-refractivity contribution in [2.75, 3.05) is 13.1 Å². The number of ether oxygens (including phenoxy) is 1. The fourth-order valence-corrected chi connectivity index (χ4v) is 2.75. The van der Waals surface area contributed by atoms with Crippen LogP contribution in [0.3, 0.4) is 0 Å². The fraction of sp³-hybridized carbons (Fsp3) is 0.375. The third-order valence-corrected chi connectivity index (χ3v) is 4.11. The number of hydrogen-bond acceptors (Lipinski definition) is 4. The number of rotatable bonds is 12. The summed E-state index contributed by atoms with van der Waals surface area (Å²) in [6, 6.07) is 7.08. The standard InChI is InChI=1S/C24H32N2O4/c1-6-15-26(18(2)3)22(27)14-9-7-8-11-20-12-10-13-21(16-20)24(29)25-17-23(28)30-19(4)5/h8,10-13,16H,2,4,6-7,9,14-15,17H2,1,3,5H3,(H,25,29). The number of hydrogen-bond donors (Lipinski definition) is 1.